The van der Waals surface area contributed by atoms with Crippen LogP contribution in [0.25, 0.3) is 0 Å². The van der Waals surface area contributed by atoms with Crippen molar-refractivity contribution < 1.29 is 9.00 Å². The molecule has 1 aliphatic heterocycles. The van der Waals surface area contributed by atoms with Crippen molar-refractivity contribution in [3.05, 3.63) is 36.4 Å². The van der Waals surface area contributed by atoms with Gasteiger partial charge in [0.2, 0.25) is 5.91 Å². The maximum Gasteiger partial charge on any atom is 0.246 e. The zero-order valence-corrected chi connectivity index (χ0v) is 11.3. The number of allylic oxidation sites excluding steroid dienone is 1. The molecule has 1 spiro atoms. The summed E-state index contributed by atoms with van der Waals surface area (Å²) in [6, 6.07) is 7.42. The summed E-state index contributed by atoms with van der Waals surface area (Å²) in [6.07, 6.45) is 0.659. The lowest BCUT2D eigenvalue weighted by molar-refractivity contribution is -0.118. The van der Waals surface area contributed by atoms with Gasteiger partial charge in [-0.3, -0.25) is 9.00 Å². The Balaban J connectivity index is 2.15. The Labute approximate surface area is 109 Å². The lowest BCUT2D eigenvalue weighted by Gasteiger charge is -2.31. The van der Waals surface area contributed by atoms with E-state index in [0.717, 1.165) is 16.2 Å². The van der Waals surface area contributed by atoms with Crippen molar-refractivity contribution in [2.45, 2.75) is 23.0 Å². The minimum absolute atomic E-state index is 0.0347. The number of carbonyl (C=O) groups excluding carboxylic acids is 1. The van der Waals surface area contributed by atoms with Crippen molar-refractivity contribution in [1.29, 1.82) is 0 Å². The number of anilines is 1. The van der Waals surface area contributed by atoms with Crippen LogP contribution in [0.1, 0.15) is 13.3 Å². The Morgan fingerprint density at radius 2 is 2.17 bits per heavy atom. The third-order valence-electron chi connectivity index (χ3n) is 3.93. The average molecular weight is 261 g/mol. The number of carbonyl (C=O) groups is 1. The lowest BCUT2D eigenvalue weighted by Crippen LogP contribution is -2.46. The number of hydrogen-bond donors (Lipinski definition) is 0. The summed E-state index contributed by atoms with van der Waals surface area (Å²) < 4.78 is 12.0. The first-order valence-corrected chi connectivity index (χ1v) is 7.09. The molecule has 0 radical (unpaired) electrons. The van der Waals surface area contributed by atoms with E-state index < -0.39 is 15.5 Å². The molecule has 3 nitrogen and oxygen atoms in total. The molecular weight excluding hydrogens is 246 g/mol. The predicted molar refractivity (Wildman–Crippen MR) is 71.9 cm³/mol. The van der Waals surface area contributed by atoms with Crippen LogP contribution in [0.5, 0.6) is 0 Å². The van der Waals surface area contributed by atoms with E-state index in [9.17, 15) is 9.00 Å². The molecule has 0 aromatic heterocycles. The first-order chi connectivity index (χ1) is 8.50. The van der Waals surface area contributed by atoms with Crippen molar-refractivity contribution >= 4 is 22.4 Å². The van der Waals surface area contributed by atoms with Gasteiger partial charge in [-0.2, -0.15) is 0 Å². The van der Waals surface area contributed by atoms with E-state index >= 15 is 0 Å². The topological polar surface area (TPSA) is 37.4 Å². The van der Waals surface area contributed by atoms with E-state index in [0.29, 0.717) is 6.42 Å². The summed E-state index contributed by atoms with van der Waals surface area (Å²) >= 11 is 0. The van der Waals surface area contributed by atoms with Crippen LogP contribution >= 0.6 is 0 Å². The molecule has 18 heavy (non-hydrogen) atoms. The van der Waals surface area contributed by atoms with Gasteiger partial charge < -0.3 is 4.90 Å². The zero-order valence-electron chi connectivity index (χ0n) is 10.5. The third kappa shape index (κ3) is 1.24. The normalized spacial score (nSPS) is 33.4. The minimum Gasteiger partial charge on any atom is -0.313 e. The smallest absolute Gasteiger partial charge is 0.246 e. The van der Waals surface area contributed by atoms with Gasteiger partial charge >= 0.3 is 0 Å². The fraction of sp³-hybridized carbons (Fsp3) is 0.357. The molecule has 1 aromatic carbocycles. The summed E-state index contributed by atoms with van der Waals surface area (Å²) in [6.45, 7) is 5.82. The van der Waals surface area contributed by atoms with Gasteiger partial charge in [-0.1, -0.05) is 24.3 Å². The van der Waals surface area contributed by atoms with Crippen LogP contribution in [0.2, 0.25) is 0 Å². The van der Waals surface area contributed by atoms with Gasteiger partial charge in [0.1, 0.15) is 4.75 Å². The molecule has 1 amide bonds. The molecule has 1 aliphatic carbocycles. The van der Waals surface area contributed by atoms with E-state index in [2.05, 4.69) is 6.58 Å². The van der Waals surface area contributed by atoms with Crippen LogP contribution < -0.4 is 4.90 Å². The van der Waals surface area contributed by atoms with Gasteiger partial charge in [-0.15, -0.1) is 0 Å². The van der Waals surface area contributed by atoms with Crippen molar-refractivity contribution in [2.75, 3.05) is 11.9 Å². The molecular formula is C14H15NO2S. The van der Waals surface area contributed by atoms with E-state index in [1.807, 2.05) is 31.2 Å². The quantitative estimate of drug-likeness (QED) is 0.726. The molecule has 0 saturated heterocycles. The number of hydrogen-bond acceptors (Lipinski definition) is 2. The first kappa shape index (κ1) is 11.7. The van der Waals surface area contributed by atoms with Crippen LogP contribution in [0.4, 0.5) is 5.69 Å². The molecule has 1 fully saturated rings. The Bertz CT molecular complexity index is 595. The van der Waals surface area contributed by atoms with E-state index in [-0.39, 0.29) is 11.8 Å². The zero-order chi connectivity index (χ0) is 13.1. The Morgan fingerprint density at radius 3 is 2.78 bits per heavy atom. The van der Waals surface area contributed by atoms with Crippen molar-refractivity contribution in [3.8, 4) is 0 Å². The lowest BCUT2D eigenvalue weighted by atomic mass is 10.1. The van der Waals surface area contributed by atoms with Crippen LogP contribution in [0, 0.1) is 5.92 Å². The van der Waals surface area contributed by atoms with E-state index in [1.165, 1.54) is 0 Å². The number of para-hydroxylation sites is 1. The Hall–Kier alpha value is -1.42. The number of fused-ring (bicyclic) bond motifs is 1. The van der Waals surface area contributed by atoms with Crippen molar-refractivity contribution in [1.82, 2.24) is 0 Å². The maximum atomic E-state index is 12.7. The second-order valence-corrected chi connectivity index (χ2v) is 6.80. The Kier molecular flexibility index (Phi) is 2.29. The number of rotatable bonds is 1. The average Bonchev–Trinajstić information content (AvgIpc) is 3.11. The molecule has 3 unspecified atom stereocenters. The van der Waals surface area contributed by atoms with Gasteiger partial charge in [0.15, 0.2) is 0 Å². The van der Waals surface area contributed by atoms with Gasteiger partial charge in [0, 0.05) is 13.0 Å². The molecule has 1 saturated carbocycles. The molecule has 3 atom stereocenters. The highest BCUT2D eigenvalue weighted by atomic mass is 32.2. The van der Waals surface area contributed by atoms with Crippen LogP contribution in [0.3, 0.4) is 0 Å². The van der Waals surface area contributed by atoms with Crippen LogP contribution in [-0.4, -0.2) is 21.9 Å². The first-order valence-electron chi connectivity index (χ1n) is 5.94. The summed E-state index contributed by atoms with van der Waals surface area (Å²) in [5.41, 5.74) is 1.71. The second kappa shape index (κ2) is 3.54. The van der Waals surface area contributed by atoms with Gasteiger partial charge in [-0.05, 0) is 25.5 Å². The molecule has 94 valence electrons. The van der Waals surface area contributed by atoms with Crippen molar-refractivity contribution in [2.24, 2.45) is 5.92 Å². The highest BCUT2D eigenvalue weighted by molar-refractivity contribution is 7.88. The number of nitrogens with zero attached hydrogens (tertiary/aromatic N) is 1. The number of amides is 1. The number of benzene rings is 1. The molecule has 1 aromatic rings. The Morgan fingerprint density at radius 1 is 1.50 bits per heavy atom. The molecule has 0 N–H and O–H groups in total. The second-order valence-electron chi connectivity index (χ2n) is 5.09. The highest BCUT2D eigenvalue weighted by Crippen LogP contribution is 2.58. The van der Waals surface area contributed by atoms with E-state index in [1.54, 1.807) is 11.9 Å². The monoisotopic (exact) mass is 261 g/mol. The largest absolute Gasteiger partial charge is 0.313 e. The summed E-state index contributed by atoms with van der Waals surface area (Å²) in [5, 5.41) is 0. The predicted octanol–water partition coefficient (Wildman–Crippen LogP) is 2.11. The van der Waals surface area contributed by atoms with Gasteiger partial charge in [0.25, 0.3) is 0 Å². The van der Waals surface area contributed by atoms with Crippen LogP contribution in [-0.2, 0) is 15.6 Å². The molecule has 3 rings (SSSR count). The minimum atomic E-state index is -1.27. The highest BCUT2D eigenvalue weighted by Gasteiger charge is 2.68. The molecule has 0 bridgehead atoms. The maximum absolute atomic E-state index is 12.7. The van der Waals surface area contributed by atoms with Gasteiger partial charge in [0.05, 0.1) is 21.4 Å². The fourth-order valence-electron chi connectivity index (χ4n) is 2.82. The molecule has 2 aliphatic rings. The third-order valence-corrected chi connectivity index (χ3v) is 5.96. The summed E-state index contributed by atoms with van der Waals surface area (Å²) in [5.74, 6) is 0.0224. The fourth-order valence-corrected chi connectivity index (χ4v) is 4.88. The van der Waals surface area contributed by atoms with E-state index in [4.69, 9.17) is 0 Å². The summed E-state index contributed by atoms with van der Waals surface area (Å²) in [4.78, 5) is 14.9. The standard InChI is InChI=1S/C14H15NO2S/c1-9(2)10-8-14(10)13(16)15(3)11-6-4-5-7-12(11)18(14)17/h4-7,10H,1,8H2,2-3H3. The molecule has 1 heterocycles. The SMILES string of the molecule is C=C(C)C1CC12C(=O)N(C)c1ccccc1S2=O. The van der Waals surface area contributed by atoms with Gasteiger partial charge in [-0.25, -0.2) is 0 Å². The van der Waals surface area contributed by atoms with Crippen LogP contribution in [0.15, 0.2) is 41.3 Å². The molecule has 4 heteroatoms. The van der Waals surface area contributed by atoms with Crippen molar-refractivity contribution in [3.63, 3.8) is 0 Å². The summed E-state index contributed by atoms with van der Waals surface area (Å²) in [7, 11) is 0.489.